The Morgan fingerprint density at radius 2 is 1.66 bits per heavy atom. The minimum Gasteiger partial charge on any atom is -0.393 e. The number of carbonyl (C=O) groups is 1. The van der Waals surface area contributed by atoms with Gasteiger partial charge in [-0.25, -0.2) is 4.39 Å². The van der Waals surface area contributed by atoms with E-state index < -0.39 is 0 Å². The fourth-order valence-electron chi connectivity index (χ4n) is 12.2. The van der Waals surface area contributed by atoms with Gasteiger partial charge in [-0.1, -0.05) is 78.3 Å². The molecule has 1 aromatic carbocycles. The van der Waals surface area contributed by atoms with Crippen molar-refractivity contribution >= 4 is 5.78 Å². The third-order valence-electron chi connectivity index (χ3n) is 15.1. The highest BCUT2D eigenvalue weighted by Gasteiger charge is 2.69. The zero-order valence-electron chi connectivity index (χ0n) is 26.9. The number of rotatable bonds is 4. The van der Waals surface area contributed by atoms with E-state index in [1.807, 2.05) is 12.1 Å². The van der Waals surface area contributed by atoms with Gasteiger partial charge in [-0.3, -0.25) is 4.79 Å². The van der Waals surface area contributed by atoms with Crippen LogP contribution < -0.4 is 0 Å². The minimum absolute atomic E-state index is 0.0428. The molecule has 226 valence electrons. The van der Waals surface area contributed by atoms with Gasteiger partial charge < -0.3 is 5.11 Å². The molecule has 3 heteroatoms. The summed E-state index contributed by atoms with van der Waals surface area (Å²) in [4.78, 5) is 14.4. The van der Waals surface area contributed by atoms with Crippen LogP contribution in [-0.4, -0.2) is 17.0 Å². The molecule has 0 bridgehead atoms. The van der Waals surface area contributed by atoms with E-state index in [9.17, 15) is 14.3 Å². The van der Waals surface area contributed by atoms with Crippen molar-refractivity contribution in [1.82, 2.24) is 0 Å². The van der Waals surface area contributed by atoms with Crippen molar-refractivity contribution in [3.05, 3.63) is 47.3 Å². The van der Waals surface area contributed by atoms with Crippen molar-refractivity contribution < 1.29 is 14.3 Å². The highest BCUT2D eigenvalue weighted by Crippen LogP contribution is 2.75. The number of halogens is 1. The maximum atomic E-state index is 14.5. The normalized spacial score (nSPS) is 46.8. The number of hydrogen-bond acceptors (Lipinski definition) is 2. The number of ketones is 1. The molecule has 6 rings (SSSR count). The molecule has 10 atom stereocenters. The molecule has 0 aromatic heterocycles. The first-order valence-electron chi connectivity index (χ1n) is 16.9. The van der Waals surface area contributed by atoms with Crippen molar-refractivity contribution in [1.29, 1.82) is 0 Å². The molecule has 0 unspecified atom stereocenters. The number of carbonyl (C=O) groups excluding carboxylic acids is 1. The van der Waals surface area contributed by atoms with Gasteiger partial charge in [0.1, 0.15) is 11.6 Å². The molecule has 5 aliphatic carbocycles. The molecule has 41 heavy (non-hydrogen) atoms. The molecule has 2 nitrogen and oxygen atoms in total. The second-order valence-electron chi connectivity index (χ2n) is 16.7. The number of aryl methyl sites for hydroxylation is 1. The molecule has 0 heterocycles. The molecule has 0 radical (unpaired) electrons. The summed E-state index contributed by atoms with van der Waals surface area (Å²) in [6, 6.07) is 6.97. The molecule has 4 fully saturated rings. The van der Waals surface area contributed by atoms with Crippen LogP contribution in [0.25, 0.3) is 0 Å². The number of Topliss-reactive ketones (excluding diaryl/α,β-unsaturated/α-hetero) is 1. The lowest BCUT2D eigenvalue weighted by molar-refractivity contribution is -0.204. The van der Waals surface area contributed by atoms with E-state index in [0.29, 0.717) is 53.8 Å². The summed E-state index contributed by atoms with van der Waals surface area (Å²) in [5, 5.41) is 11.0. The van der Waals surface area contributed by atoms with E-state index in [4.69, 9.17) is 0 Å². The molecular formula is C38H55FO2. The second-order valence-corrected chi connectivity index (χ2v) is 16.7. The van der Waals surface area contributed by atoms with Gasteiger partial charge in [-0.2, -0.15) is 0 Å². The molecule has 5 aliphatic rings. The molecule has 0 amide bonds. The van der Waals surface area contributed by atoms with Crippen molar-refractivity contribution in [3.63, 3.8) is 0 Å². The Balaban J connectivity index is 1.37. The Labute approximate surface area is 249 Å². The summed E-state index contributed by atoms with van der Waals surface area (Å²) < 4.78 is 14.5. The molecule has 0 aliphatic heterocycles. The van der Waals surface area contributed by atoms with Gasteiger partial charge in [0.2, 0.25) is 0 Å². The molecular weight excluding hydrogens is 507 g/mol. The number of allylic oxidation sites excluding steroid dienone is 2. The molecule has 0 spiro atoms. The Hall–Kier alpha value is -1.48. The van der Waals surface area contributed by atoms with Crippen LogP contribution in [-0.2, 0) is 11.2 Å². The van der Waals surface area contributed by atoms with Crippen LogP contribution >= 0.6 is 0 Å². The number of aliphatic hydroxyl groups excluding tert-OH is 1. The van der Waals surface area contributed by atoms with Gasteiger partial charge >= 0.3 is 0 Å². The monoisotopic (exact) mass is 562 g/mol. The Bertz CT molecular complexity index is 1230. The quantitative estimate of drug-likeness (QED) is 0.371. The van der Waals surface area contributed by atoms with Crippen LogP contribution in [0.5, 0.6) is 0 Å². The zero-order chi connectivity index (χ0) is 29.6. The maximum absolute atomic E-state index is 14.5. The second kappa shape index (κ2) is 9.76. The van der Waals surface area contributed by atoms with Crippen LogP contribution in [0.2, 0.25) is 0 Å². The standard InChI is InChI=1S/C38H55FO2/c1-24-16-21-38(32(41)15-12-26-10-8-9-11-28(26)39)23-22-36(6)27(33(38)25(24)2)13-14-30-35(5)19-18-31(40)34(3,4)29(35)17-20-37(30,36)7/h8-11,13,24-25,29-31,33,40H,12,14-23H2,1-7H3/t24-,25+,29+,30-,31+,33+,35+,36-,37-,38-/m1/s1. The van der Waals surface area contributed by atoms with E-state index in [1.54, 1.807) is 11.6 Å². The smallest absolute Gasteiger partial charge is 0.139 e. The maximum Gasteiger partial charge on any atom is 0.139 e. The number of aliphatic hydroxyl groups is 1. The van der Waals surface area contributed by atoms with E-state index in [0.717, 1.165) is 44.9 Å². The summed E-state index contributed by atoms with van der Waals surface area (Å²) in [7, 11) is 0. The average molecular weight is 563 g/mol. The van der Waals surface area contributed by atoms with Crippen molar-refractivity contribution in [2.75, 3.05) is 0 Å². The fraction of sp³-hybridized carbons (Fsp3) is 0.763. The summed E-state index contributed by atoms with van der Waals surface area (Å²) in [5.41, 5.74) is 2.46. The summed E-state index contributed by atoms with van der Waals surface area (Å²) in [5.74, 6) is 2.73. The third kappa shape index (κ3) is 3.99. The molecule has 1 N–H and O–H groups in total. The van der Waals surface area contributed by atoms with Gasteiger partial charge in [0.05, 0.1) is 6.10 Å². The fourth-order valence-corrected chi connectivity index (χ4v) is 12.2. The molecule has 4 saturated carbocycles. The van der Waals surface area contributed by atoms with Crippen molar-refractivity contribution in [2.45, 2.75) is 125 Å². The van der Waals surface area contributed by atoms with E-state index >= 15 is 0 Å². The van der Waals surface area contributed by atoms with E-state index in [-0.39, 0.29) is 39.0 Å². The first-order chi connectivity index (χ1) is 19.2. The Morgan fingerprint density at radius 1 is 0.927 bits per heavy atom. The van der Waals surface area contributed by atoms with Crippen LogP contribution in [0.1, 0.15) is 118 Å². The molecule has 1 aromatic rings. The van der Waals surface area contributed by atoms with Crippen LogP contribution in [0.3, 0.4) is 0 Å². The van der Waals surface area contributed by atoms with E-state index in [2.05, 4.69) is 54.5 Å². The van der Waals surface area contributed by atoms with Crippen LogP contribution in [0, 0.1) is 62.5 Å². The summed E-state index contributed by atoms with van der Waals surface area (Å²) in [6.45, 7) is 17.2. The predicted molar refractivity (Wildman–Crippen MR) is 165 cm³/mol. The molecule has 0 saturated heterocycles. The van der Waals surface area contributed by atoms with Gasteiger partial charge in [0, 0.05) is 11.8 Å². The number of fused-ring (bicyclic) bond motifs is 7. The minimum atomic E-state index is -0.302. The van der Waals surface area contributed by atoms with E-state index in [1.165, 1.54) is 18.9 Å². The van der Waals surface area contributed by atoms with Crippen LogP contribution in [0.15, 0.2) is 35.9 Å². The Kier molecular flexibility index (Phi) is 7.05. The topological polar surface area (TPSA) is 37.3 Å². The average Bonchev–Trinajstić information content (AvgIpc) is 2.93. The highest BCUT2D eigenvalue weighted by atomic mass is 19.1. The highest BCUT2D eigenvalue weighted by molar-refractivity contribution is 5.86. The largest absolute Gasteiger partial charge is 0.393 e. The van der Waals surface area contributed by atoms with Gasteiger partial charge in [-0.15, -0.1) is 0 Å². The Morgan fingerprint density at radius 3 is 2.39 bits per heavy atom. The SMILES string of the molecule is C[C@H]1[C@H](C)CC[C@]2(C(=O)CCc3ccccc3F)CC[C@]3(C)C(=CC[C@@H]4[C@@]5(C)CC[C@H](O)C(C)(C)[C@@H]5CC[C@]43C)[C@H]12. The van der Waals surface area contributed by atoms with Gasteiger partial charge in [0.25, 0.3) is 0 Å². The summed E-state index contributed by atoms with van der Waals surface area (Å²) in [6.07, 6.45) is 13.1. The predicted octanol–water partition coefficient (Wildman–Crippen LogP) is 9.35. The lowest BCUT2D eigenvalue weighted by Crippen LogP contribution is -2.65. The summed E-state index contributed by atoms with van der Waals surface area (Å²) >= 11 is 0. The first-order valence-corrected chi connectivity index (χ1v) is 16.9. The number of hydrogen-bond donors (Lipinski definition) is 1. The van der Waals surface area contributed by atoms with Crippen LogP contribution in [0.4, 0.5) is 4.39 Å². The number of benzene rings is 1. The third-order valence-corrected chi connectivity index (χ3v) is 15.1. The van der Waals surface area contributed by atoms with Crippen molar-refractivity contribution in [2.24, 2.45) is 56.7 Å². The lowest BCUT2D eigenvalue weighted by Gasteiger charge is -2.71. The van der Waals surface area contributed by atoms with Gasteiger partial charge in [-0.05, 0) is 127 Å². The van der Waals surface area contributed by atoms with Gasteiger partial charge in [0.15, 0.2) is 0 Å². The van der Waals surface area contributed by atoms with Crippen molar-refractivity contribution in [3.8, 4) is 0 Å². The zero-order valence-corrected chi connectivity index (χ0v) is 26.9. The first kappa shape index (κ1) is 29.6. The lowest BCUT2D eigenvalue weighted by atomic mass is 9.33.